The molecule has 0 fully saturated rings. The predicted octanol–water partition coefficient (Wildman–Crippen LogP) is 3.23. The molecule has 0 amide bonds. The van der Waals surface area contributed by atoms with Crippen molar-refractivity contribution in [3.63, 3.8) is 0 Å². The fourth-order valence-electron chi connectivity index (χ4n) is 1.97. The van der Waals surface area contributed by atoms with Crippen LogP contribution in [0.15, 0.2) is 34.9 Å². The van der Waals surface area contributed by atoms with Crippen LogP contribution < -0.4 is 0 Å². The number of nitrogens with zero attached hydrogens (tertiary/aromatic N) is 1. The summed E-state index contributed by atoms with van der Waals surface area (Å²) < 4.78 is 26.0. The highest BCUT2D eigenvalue weighted by molar-refractivity contribution is 9.10. The highest BCUT2D eigenvalue weighted by atomic mass is 79.9. The second kappa shape index (κ2) is 5.45. The fourth-order valence-corrected chi connectivity index (χ4v) is 3.20. The van der Waals surface area contributed by atoms with E-state index in [1.807, 2.05) is 18.3 Å². The van der Waals surface area contributed by atoms with Gasteiger partial charge in [-0.05, 0) is 30.7 Å². The molecular weight excluding hydrogens is 314 g/mol. The van der Waals surface area contributed by atoms with Gasteiger partial charge < -0.3 is 4.57 Å². The Morgan fingerprint density at radius 2 is 2.06 bits per heavy atom. The van der Waals surface area contributed by atoms with Crippen molar-refractivity contribution in [2.45, 2.75) is 19.9 Å². The molecule has 0 N–H and O–H groups in total. The van der Waals surface area contributed by atoms with Gasteiger partial charge in [0, 0.05) is 33.9 Å². The van der Waals surface area contributed by atoms with Gasteiger partial charge in [-0.1, -0.05) is 22.9 Å². The van der Waals surface area contributed by atoms with E-state index < -0.39 is 9.84 Å². The Morgan fingerprint density at radius 3 is 2.78 bits per heavy atom. The van der Waals surface area contributed by atoms with Crippen LogP contribution in [0.3, 0.4) is 0 Å². The van der Waals surface area contributed by atoms with Crippen LogP contribution in [0.25, 0.3) is 10.9 Å². The molecule has 0 spiro atoms. The number of aromatic nitrogens is 1. The summed E-state index contributed by atoms with van der Waals surface area (Å²) in [7, 11) is -2.85. The van der Waals surface area contributed by atoms with Crippen LogP contribution in [0.2, 0.25) is 0 Å². The maximum absolute atomic E-state index is 11.4. The number of fused-ring (bicyclic) bond motifs is 1. The monoisotopic (exact) mass is 329 g/mol. The number of hydrogen-bond donors (Lipinski definition) is 0. The lowest BCUT2D eigenvalue weighted by Gasteiger charge is -2.05. The molecule has 0 radical (unpaired) electrons. The van der Waals surface area contributed by atoms with Crippen molar-refractivity contribution in [2.75, 3.05) is 11.5 Å². The number of halogens is 1. The molecule has 1 aromatic carbocycles. The Bertz CT molecular complexity index is 646. The largest absolute Gasteiger partial charge is 0.347 e. The van der Waals surface area contributed by atoms with E-state index in [-0.39, 0.29) is 11.5 Å². The molecule has 18 heavy (non-hydrogen) atoms. The molecule has 0 aliphatic carbocycles. The summed E-state index contributed by atoms with van der Waals surface area (Å²) in [4.78, 5) is 0. The first-order chi connectivity index (χ1) is 8.52. The van der Waals surface area contributed by atoms with Crippen LogP contribution in [0, 0.1) is 0 Å². The molecule has 0 saturated heterocycles. The Hall–Kier alpha value is -0.810. The van der Waals surface area contributed by atoms with E-state index in [4.69, 9.17) is 0 Å². The molecule has 98 valence electrons. The number of aryl methyl sites for hydroxylation is 1. The summed E-state index contributed by atoms with van der Waals surface area (Å²) in [5.41, 5.74) is 1.15. The van der Waals surface area contributed by atoms with Crippen molar-refractivity contribution < 1.29 is 8.42 Å². The smallest absolute Gasteiger partial charge is 0.150 e. The molecule has 2 aromatic rings. The second-order valence-corrected chi connectivity index (χ2v) is 7.69. The minimum atomic E-state index is -2.85. The van der Waals surface area contributed by atoms with E-state index in [1.54, 1.807) is 6.92 Å². The van der Waals surface area contributed by atoms with Crippen molar-refractivity contribution in [2.24, 2.45) is 0 Å². The molecule has 5 heteroatoms. The second-order valence-electron chi connectivity index (χ2n) is 4.30. The lowest BCUT2D eigenvalue weighted by molar-refractivity contribution is 0.589. The molecule has 0 unspecified atom stereocenters. The lowest BCUT2D eigenvalue weighted by atomic mass is 10.2. The van der Waals surface area contributed by atoms with E-state index in [9.17, 15) is 8.42 Å². The van der Waals surface area contributed by atoms with Gasteiger partial charge in [0.25, 0.3) is 0 Å². The normalized spacial score (nSPS) is 12.1. The van der Waals surface area contributed by atoms with Crippen LogP contribution >= 0.6 is 15.9 Å². The number of benzene rings is 1. The van der Waals surface area contributed by atoms with Crippen LogP contribution in [0.1, 0.15) is 13.3 Å². The number of rotatable bonds is 5. The van der Waals surface area contributed by atoms with Gasteiger partial charge in [-0.15, -0.1) is 0 Å². The molecular formula is C13H16BrNO2S. The maximum Gasteiger partial charge on any atom is 0.150 e. The average Bonchev–Trinajstić information content (AvgIpc) is 2.71. The zero-order chi connectivity index (χ0) is 13.2. The Morgan fingerprint density at radius 1 is 1.28 bits per heavy atom. The van der Waals surface area contributed by atoms with Gasteiger partial charge >= 0.3 is 0 Å². The van der Waals surface area contributed by atoms with Crippen LogP contribution in [0.4, 0.5) is 0 Å². The van der Waals surface area contributed by atoms with Gasteiger partial charge in [0.05, 0.1) is 5.75 Å². The van der Waals surface area contributed by atoms with E-state index >= 15 is 0 Å². The van der Waals surface area contributed by atoms with E-state index in [1.165, 1.54) is 5.39 Å². The van der Waals surface area contributed by atoms with Crippen molar-refractivity contribution in [3.8, 4) is 0 Å². The van der Waals surface area contributed by atoms with Crippen LogP contribution in [-0.2, 0) is 16.4 Å². The molecule has 3 nitrogen and oxygen atoms in total. The van der Waals surface area contributed by atoms with Crippen LogP contribution in [0.5, 0.6) is 0 Å². The van der Waals surface area contributed by atoms with Crippen molar-refractivity contribution in [1.82, 2.24) is 4.57 Å². The third kappa shape index (κ3) is 3.14. The minimum Gasteiger partial charge on any atom is -0.347 e. The first kappa shape index (κ1) is 13.6. The van der Waals surface area contributed by atoms with Gasteiger partial charge in [-0.25, -0.2) is 8.42 Å². The van der Waals surface area contributed by atoms with E-state index in [0.717, 1.165) is 16.5 Å². The molecule has 2 rings (SSSR count). The highest BCUT2D eigenvalue weighted by Crippen LogP contribution is 2.21. The van der Waals surface area contributed by atoms with Crippen molar-refractivity contribution >= 4 is 36.7 Å². The highest BCUT2D eigenvalue weighted by Gasteiger charge is 2.07. The quantitative estimate of drug-likeness (QED) is 0.844. The maximum atomic E-state index is 11.4. The summed E-state index contributed by atoms with van der Waals surface area (Å²) in [5, 5.41) is 1.17. The SMILES string of the molecule is CCS(=O)(=O)CCCn1ccc2cc(Br)ccc21. The molecule has 1 aromatic heterocycles. The molecule has 0 atom stereocenters. The summed E-state index contributed by atoms with van der Waals surface area (Å²) in [6.07, 6.45) is 2.67. The third-order valence-corrected chi connectivity index (χ3v) is 5.31. The standard InChI is InChI=1S/C13H16BrNO2S/c1-2-18(16,17)9-3-7-15-8-6-11-10-12(14)4-5-13(11)15/h4-6,8,10H,2-3,7,9H2,1H3. The van der Waals surface area contributed by atoms with Crippen molar-refractivity contribution in [3.05, 3.63) is 34.9 Å². The third-order valence-electron chi connectivity index (χ3n) is 3.03. The zero-order valence-electron chi connectivity index (χ0n) is 10.3. The minimum absolute atomic E-state index is 0.229. The molecule has 0 bridgehead atoms. The van der Waals surface area contributed by atoms with Gasteiger partial charge in [-0.3, -0.25) is 0 Å². The molecule has 0 aliphatic heterocycles. The number of sulfone groups is 1. The first-order valence-corrected chi connectivity index (χ1v) is 8.58. The predicted molar refractivity (Wildman–Crippen MR) is 78.6 cm³/mol. The molecule has 0 saturated carbocycles. The first-order valence-electron chi connectivity index (χ1n) is 5.96. The van der Waals surface area contributed by atoms with Gasteiger partial charge in [0.1, 0.15) is 9.84 Å². The number of hydrogen-bond acceptors (Lipinski definition) is 2. The summed E-state index contributed by atoms with van der Waals surface area (Å²) in [6, 6.07) is 8.17. The van der Waals surface area contributed by atoms with Gasteiger partial charge in [0.15, 0.2) is 0 Å². The summed E-state index contributed by atoms with van der Waals surface area (Å²) in [5.74, 6) is 0.492. The van der Waals surface area contributed by atoms with Crippen LogP contribution in [-0.4, -0.2) is 24.5 Å². The van der Waals surface area contributed by atoms with Gasteiger partial charge in [0.2, 0.25) is 0 Å². The van der Waals surface area contributed by atoms with E-state index in [0.29, 0.717) is 6.42 Å². The van der Waals surface area contributed by atoms with Gasteiger partial charge in [-0.2, -0.15) is 0 Å². The fraction of sp³-hybridized carbons (Fsp3) is 0.385. The Kier molecular flexibility index (Phi) is 4.12. The average molecular weight is 330 g/mol. The Balaban J connectivity index is 2.09. The lowest BCUT2D eigenvalue weighted by Crippen LogP contribution is -2.10. The Labute approximate surface area is 116 Å². The molecule has 0 aliphatic rings. The summed E-state index contributed by atoms with van der Waals surface area (Å²) in [6.45, 7) is 2.43. The molecule has 1 heterocycles. The summed E-state index contributed by atoms with van der Waals surface area (Å²) >= 11 is 3.44. The topological polar surface area (TPSA) is 39.1 Å². The van der Waals surface area contributed by atoms with E-state index in [2.05, 4.69) is 32.6 Å². The van der Waals surface area contributed by atoms with Crippen molar-refractivity contribution in [1.29, 1.82) is 0 Å². The zero-order valence-corrected chi connectivity index (χ0v) is 12.7.